The predicted molar refractivity (Wildman–Crippen MR) is 72.1 cm³/mol. The van der Waals surface area contributed by atoms with Gasteiger partial charge in [-0.1, -0.05) is 32.4 Å². The van der Waals surface area contributed by atoms with Crippen LogP contribution in [0.5, 0.6) is 0 Å². The van der Waals surface area contributed by atoms with Gasteiger partial charge in [-0.3, -0.25) is 0 Å². The summed E-state index contributed by atoms with van der Waals surface area (Å²) in [5.74, 6) is -0.169. The number of nitrogens with one attached hydrogen (secondary N) is 1. The van der Waals surface area contributed by atoms with E-state index in [1.54, 1.807) is 12.1 Å². The number of hydrogen-bond donors (Lipinski definition) is 1. The van der Waals surface area contributed by atoms with Gasteiger partial charge >= 0.3 is 0 Å². The lowest BCUT2D eigenvalue weighted by atomic mass is 9.85. The van der Waals surface area contributed by atoms with Crippen molar-refractivity contribution < 1.29 is 4.39 Å². The van der Waals surface area contributed by atoms with Crippen LogP contribution in [0.3, 0.4) is 0 Å². The summed E-state index contributed by atoms with van der Waals surface area (Å²) in [6, 6.07) is 4.74. The molecule has 0 aromatic heterocycles. The number of halogens is 2. The largest absolute Gasteiger partial charge is 0.316 e. The van der Waals surface area contributed by atoms with E-state index in [0.717, 1.165) is 19.5 Å². The number of benzene rings is 1. The van der Waals surface area contributed by atoms with Gasteiger partial charge in [0.2, 0.25) is 0 Å². The molecule has 0 amide bonds. The monoisotopic (exact) mass is 257 g/mol. The third kappa shape index (κ3) is 5.05. The van der Waals surface area contributed by atoms with Crippen LogP contribution in [0.2, 0.25) is 5.02 Å². The van der Waals surface area contributed by atoms with E-state index in [2.05, 4.69) is 26.1 Å². The smallest absolute Gasteiger partial charge is 0.126 e. The second kappa shape index (κ2) is 6.36. The summed E-state index contributed by atoms with van der Waals surface area (Å²) in [5.41, 5.74) is 0.724. The average molecular weight is 258 g/mol. The lowest BCUT2D eigenvalue weighted by molar-refractivity contribution is 0.334. The van der Waals surface area contributed by atoms with Gasteiger partial charge in [0.15, 0.2) is 0 Å². The Morgan fingerprint density at radius 3 is 2.71 bits per heavy atom. The van der Waals surface area contributed by atoms with E-state index in [-0.39, 0.29) is 11.2 Å². The van der Waals surface area contributed by atoms with Crippen LogP contribution in [0.1, 0.15) is 32.8 Å². The first-order chi connectivity index (χ1) is 7.94. The standard InChI is InChI=1S/C14H21ClFN/c1-4-7-17-10-14(2,3)9-11-8-12(15)5-6-13(11)16/h5-6,8,17H,4,7,9-10H2,1-3H3. The van der Waals surface area contributed by atoms with Crippen LogP contribution < -0.4 is 5.32 Å². The van der Waals surface area contributed by atoms with Gasteiger partial charge in [-0.15, -0.1) is 0 Å². The highest BCUT2D eigenvalue weighted by Crippen LogP contribution is 2.24. The van der Waals surface area contributed by atoms with Crippen molar-refractivity contribution in [3.63, 3.8) is 0 Å². The zero-order chi connectivity index (χ0) is 12.9. The van der Waals surface area contributed by atoms with Crippen molar-refractivity contribution in [1.82, 2.24) is 5.32 Å². The third-order valence-electron chi connectivity index (χ3n) is 2.71. The third-order valence-corrected chi connectivity index (χ3v) is 2.94. The maximum Gasteiger partial charge on any atom is 0.126 e. The Labute approximate surface area is 108 Å². The molecular weight excluding hydrogens is 237 g/mol. The van der Waals surface area contributed by atoms with Crippen molar-refractivity contribution in [1.29, 1.82) is 0 Å². The molecule has 3 heteroatoms. The lowest BCUT2D eigenvalue weighted by Crippen LogP contribution is -2.31. The molecule has 0 aliphatic rings. The van der Waals surface area contributed by atoms with Crippen molar-refractivity contribution in [3.05, 3.63) is 34.6 Å². The molecule has 96 valence electrons. The van der Waals surface area contributed by atoms with Crippen molar-refractivity contribution in [2.75, 3.05) is 13.1 Å². The summed E-state index contributed by atoms with van der Waals surface area (Å²) in [6.45, 7) is 8.29. The molecule has 0 unspecified atom stereocenters. The molecule has 1 rings (SSSR count). The van der Waals surface area contributed by atoms with E-state index in [4.69, 9.17) is 11.6 Å². The summed E-state index contributed by atoms with van der Waals surface area (Å²) in [5, 5.41) is 3.97. The first-order valence-electron chi connectivity index (χ1n) is 6.09. The number of hydrogen-bond acceptors (Lipinski definition) is 1. The van der Waals surface area contributed by atoms with Gasteiger partial charge in [0.1, 0.15) is 5.82 Å². The van der Waals surface area contributed by atoms with Gasteiger partial charge in [-0.25, -0.2) is 4.39 Å². The fourth-order valence-corrected chi connectivity index (χ4v) is 2.06. The molecular formula is C14H21ClFN. The molecule has 0 saturated carbocycles. The molecule has 1 N–H and O–H groups in total. The van der Waals surface area contributed by atoms with E-state index < -0.39 is 0 Å². The average Bonchev–Trinajstić information content (AvgIpc) is 2.23. The molecule has 0 fully saturated rings. The fraction of sp³-hybridized carbons (Fsp3) is 0.571. The Balaban J connectivity index is 2.65. The quantitative estimate of drug-likeness (QED) is 0.759. The van der Waals surface area contributed by atoms with Crippen molar-refractivity contribution in [2.24, 2.45) is 5.41 Å². The summed E-state index contributed by atoms with van der Waals surface area (Å²) >= 11 is 5.89. The maximum absolute atomic E-state index is 13.6. The summed E-state index contributed by atoms with van der Waals surface area (Å²) < 4.78 is 13.6. The van der Waals surface area contributed by atoms with Crippen molar-refractivity contribution >= 4 is 11.6 Å². The molecule has 0 aliphatic heterocycles. The predicted octanol–water partition coefficient (Wildman–Crippen LogP) is 4.05. The molecule has 0 aliphatic carbocycles. The van der Waals surface area contributed by atoms with Gasteiger partial charge in [-0.05, 0) is 48.6 Å². The van der Waals surface area contributed by atoms with Gasteiger partial charge in [0, 0.05) is 11.6 Å². The van der Waals surface area contributed by atoms with Gasteiger partial charge in [0.25, 0.3) is 0 Å². The second-order valence-electron chi connectivity index (χ2n) is 5.25. The van der Waals surface area contributed by atoms with Crippen LogP contribution in [0.25, 0.3) is 0 Å². The van der Waals surface area contributed by atoms with Crippen LogP contribution in [-0.2, 0) is 6.42 Å². The zero-order valence-electron chi connectivity index (χ0n) is 10.8. The van der Waals surface area contributed by atoms with Crippen LogP contribution in [0.15, 0.2) is 18.2 Å². The van der Waals surface area contributed by atoms with Crippen LogP contribution in [-0.4, -0.2) is 13.1 Å². The Kier molecular flexibility index (Phi) is 5.41. The van der Waals surface area contributed by atoms with Crippen LogP contribution >= 0.6 is 11.6 Å². The Morgan fingerprint density at radius 1 is 1.35 bits per heavy atom. The van der Waals surface area contributed by atoms with Gasteiger partial charge in [-0.2, -0.15) is 0 Å². The zero-order valence-corrected chi connectivity index (χ0v) is 11.6. The van der Waals surface area contributed by atoms with E-state index in [1.807, 2.05) is 0 Å². The summed E-state index contributed by atoms with van der Waals surface area (Å²) in [6.07, 6.45) is 1.80. The molecule has 0 saturated heterocycles. The second-order valence-corrected chi connectivity index (χ2v) is 5.69. The molecule has 0 spiro atoms. The Bertz CT molecular complexity index is 363. The Hall–Kier alpha value is -0.600. The highest BCUT2D eigenvalue weighted by atomic mass is 35.5. The molecule has 0 heterocycles. The highest BCUT2D eigenvalue weighted by Gasteiger charge is 2.20. The van der Waals surface area contributed by atoms with Crippen molar-refractivity contribution in [2.45, 2.75) is 33.6 Å². The fourth-order valence-electron chi connectivity index (χ4n) is 1.86. The van der Waals surface area contributed by atoms with Crippen LogP contribution in [0, 0.1) is 11.2 Å². The van der Waals surface area contributed by atoms with E-state index in [1.165, 1.54) is 6.07 Å². The SMILES string of the molecule is CCCNCC(C)(C)Cc1cc(Cl)ccc1F. The van der Waals surface area contributed by atoms with Gasteiger partial charge in [0.05, 0.1) is 0 Å². The molecule has 1 aromatic carbocycles. The lowest BCUT2D eigenvalue weighted by Gasteiger charge is -2.25. The molecule has 0 atom stereocenters. The Morgan fingerprint density at radius 2 is 2.06 bits per heavy atom. The minimum absolute atomic E-state index is 0.0285. The first-order valence-corrected chi connectivity index (χ1v) is 6.47. The molecule has 17 heavy (non-hydrogen) atoms. The summed E-state index contributed by atoms with van der Waals surface area (Å²) in [7, 11) is 0. The van der Waals surface area contributed by atoms with Crippen LogP contribution in [0.4, 0.5) is 4.39 Å². The van der Waals surface area contributed by atoms with E-state index in [9.17, 15) is 4.39 Å². The van der Waals surface area contributed by atoms with E-state index in [0.29, 0.717) is 17.0 Å². The molecule has 1 aromatic rings. The topological polar surface area (TPSA) is 12.0 Å². The van der Waals surface area contributed by atoms with Crippen molar-refractivity contribution in [3.8, 4) is 0 Å². The molecule has 0 bridgehead atoms. The summed E-state index contributed by atoms with van der Waals surface area (Å²) in [4.78, 5) is 0. The molecule has 0 radical (unpaired) electrons. The minimum atomic E-state index is -0.169. The normalized spacial score (nSPS) is 11.8. The number of rotatable bonds is 6. The first kappa shape index (κ1) is 14.5. The minimum Gasteiger partial charge on any atom is -0.316 e. The highest BCUT2D eigenvalue weighted by molar-refractivity contribution is 6.30. The van der Waals surface area contributed by atoms with Gasteiger partial charge < -0.3 is 5.32 Å². The van der Waals surface area contributed by atoms with E-state index >= 15 is 0 Å². The molecule has 1 nitrogen and oxygen atoms in total. The maximum atomic E-state index is 13.6.